The molecule has 0 radical (unpaired) electrons. The summed E-state index contributed by atoms with van der Waals surface area (Å²) < 4.78 is 54.4. The Bertz CT molecular complexity index is 573. The molecule has 2 rings (SSSR count). The molecule has 0 saturated heterocycles. The summed E-state index contributed by atoms with van der Waals surface area (Å²) in [6.07, 6.45) is -4.06. The van der Waals surface area contributed by atoms with Crippen LogP contribution in [-0.4, -0.2) is 12.1 Å². The molecular formula is C13H11F4NO3. The van der Waals surface area contributed by atoms with Crippen molar-refractivity contribution in [2.75, 3.05) is 0 Å². The van der Waals surface area contributed by atoms with Gasteiger partial charge in [0.1, 0.15) is 0 Å². The van der Waals surface area contributed by atoms with Crippen LogP contribution in [0.2, 0.25) is 0 Å². The molecule has 1 unspecified atom stereocenters. The Balaban J connectivity index is 2.50. The van der Waals surface area contributed by atoms with Gasteiger partial charge in [-0.05, 0) is 25.3 Å². The maximum absolute atomic E-state index is 14.2. The summed E-state index contributed by atoms with van der Waals surface area (Å²) in [4.78, 5) is 23.1. The number of carbonyl (C=O) groups excluding carboxylic acids is 1. The first-order valence-electron chi connectivity index (χ1n) is 6.23. The van der Waals surface area contributed by atoms with Crippen LogP contribution in [0.1, 0.15) is 31.2 Å². The van der Waals surface area contributed by atoms with Crippen LogP contribution < -0.4 is 4.74 Å². The van der Waals surface area contributed by atoms with E-state index in [0.29, 0.717) is 12.8 Å². The summed E-state index contributed by atoms with van der Waals surface area (Å²) in [5, 5.41) is 2.75. The fourth-order valence-corrected chi connectivity index (χ4v) is 2.48. The van der Waals surface area contributed by atoms with Crippen LogP contribution in [0.4, 0.5) is 17.6 Å². The molecule has 0 aromatic heterocycles. The minimum absolute atomic E-state index is 0.0261. The molecule has 0 bridgehead atoms. The topological polar surface area (TPSA) is 55.7 Å². The smallest absolute Gasteiger partial charge is 0.403 e. The van der Waals surface area contributed by atoms with E-state index in [9.17, 15) is 27.3 Å². The molecule has 0 N–H and O–H groups in total. The number of alkyl halides is 3. The number of ketones is 1. The zero-order valence-corrected chi connectivity index (χ0v) is 10.7. The predicted molar refractivity (Wildman–Crippen MR) is 64.0 cm³/mol. The molecule has 1 atom stereocenters. The number of ether oxygens (including phenoxy) is 1. The Labute approximate surface area is 117 Å². The molecule has 1 aromatic carbocycles. The maximum Gasteiger partial charge on any atom is 0.573 e. The lowest BCUT2D eigenvalue weighted by Crippen LogP contribution is -2.37. The molecule has 1 aromatic rings. The fraction of sp³-hybridized carbons (Fsp3) is 0.462. The van der Waals surface area contributed by atoms with Gasteiger partial charge in [0.2, 0.25) is 0 Å². The van der Waals surface area contributed by atoms with Crippen molar-refractivity contribution in [2.24, 2.45) is 5.18 Å². The Hall–Kier alpha value is -1.99. The van der Waals surface area contributed by atoms with Gasteiger partial charge in [-0.25, -0.2) is 4.39 Å². The molecule has 1 aliphatic carbocycles. The Morgan fingerprint density at radius 3 is 2.52 bits per heavy atom. The number of nitrogens with zero attached hydrogens (tertiary/aromatic N) is 1. The van der Waals surface area contributed by atoms with Gasteiger partial charge < -0.3 is 4.74 Å². The summed E-state index contributed by atoms with van der Waals surface area (Å²) >= 11 is 0. The lowest BCUT2D eigenvalue weighted by atomic mass is 9.76. The minimum Gasteiger partial charge on any atom is -0.403 e. The number of nitroso groups, excluding NO2 is 1. The number of hydrogen-bond donors (Lipinski definition) is 0. The number of hydrogen-bond acceptors (Lipinski definition) is 4. The number of halogens is 4. The zero-order chi connectivity index (χ0) is 15.7. The molecule has 0 spiro atoms. The molecule has 8 heteroatoms. The second-order valence-electron chi connectivity index (χ2n) is 4.75. The van der Waals surface area contributed by atoms with Crippen LogP contribution in [0.3, 0.4) is 0 Å². The summed E-state index contributed by atoms with van der Waals surface area (Å²) in [5.41, 5.74) is -2.43. The highest BCUT2D eigenvalue weighted by molar-refractivity contribution is 5.90. The highest BCUT2D eigenvalue weighted by Gasteiger charge is 2.46. The molecule has 0 amide bonds. The highest BCUT2D eigenvalue weighted by Crippen LogP contribution is 2.41. The first kappa shape index (κ1) is 15.4. The third kappa shape index (κ3) is 2.88. The lowest BCUT2D eigenvalue weighted by Gasteiger charge is -2.29. The molecule has 0 heterocycles. The normalized spacial score (nSPS) is 23.0. The van der Waals surface area contributed by atoms with Gasteiger partial charge >= 0.3 is 6.36 Å². The van der Waals surface area contributed by atoms with E-state index in [-0.39, 0.29) is 12.8 Å². The second-order valence-corrected chi connectivity index (χ2v) is 4.75. The third-order valence-electron chi connectivity index (χ3n) is 3.44. The molecule has 1 fully saturated rings. The van der Waals surface area contributed by atoms with Crippen molar-refractivity contribution in [3.8, 4) is 5.75 Å². The second kappa shape index (κ2) is 5.42. The average Bonchev–Trinajstić information content (AvgIpc) is 2.41. The van der Waals surface area contributed by atoms with Gasteiger partial charge in [0.05, 0.1) is 0 Å². The van der Waals surface area contributed by atoms with Crippen LogP contribution >= 0.6 is 0 Å². The lowest BCUT2D eigenvalue weighted by molar-refractivity contribution is -0.275. The minimum atomic E-state index is -5.07. The van der Waals surface area contributed by atoms with Gasteiger partial charge in [0.15, 0.2) is 22.9 Å². The summed E-state index contributed by atoms with van der Waals surface area (Å²) in [7, 11) is 0. The first-order chi connectivity index (χ1) is 9.80. The average molecular weight is 305 g/mol. The molecular weight excluding hydrogens is 294 g/mol. The zero-order valence-electron chi connectivity index (χ0n) is 10.7. The van der Waals surface area contributed by atoms with Gasteiger partial charge in [-0.3, -0.25) is 4.79 Å². The van der Waals surface area contributed by atoms with E-state index in [2.05, 4.69) is 9.91 Å². The van der Waals surface area contributed by atoms with Crippen LogP contribution in [0.15, 0.2) is 23.4 Å². The quantitative estimate of drug-likeness (QED) is 0.630. The van der Waals surface area contributed by atoms with Gasteiger partial charge in [-0.2, -0.15) is 0 Å². The summed E-state index contributed by atoms with van der Waals surface area (Å²) in [5.74, 6) is -3.06. The Morgan fingerprint density at radius 2 is 1.95 bits per heavy atom. The van der Waals surface area contributed by atoms with Gasteiger partial charge in [0.25, 0.3) is 0 Å². The van der Waals surface area contributed by atoms with E-state index in [1.165, 1.54) is 0 Å². The van der Waals surface area contributed by atoms with Crippen molar-refractivity contribution in [3.05, 3.63) is 34.5 Å². The van der Waals surface area contributed by atoms with Crippen molar-refractivity contribution in [2.45, 2.75) is 37.6 Å². The van der Waals surface area contributed by atoms with E-state index >= 15 is 0 Å². The standard InChI is InChI=1S/C13H11F4NO3/c14-11-8(4-3-5-9(11)21-13(15,16)17)12(18-20)7-2-1-6-10(12)19/h3-5H,1-2,6-7H2. The molecule has 1 saturated carbocycles. The van der Waals surface area contributed by atoms with Gasteiger partial charge in [-0.1, -0.05) is 17.3 Å². The van der Waals surface area contributed by atoms with Crippen LogP contribution in [0, 0.1) is 10.7 Å². The van der Waals surface area contributed by atoms with Crippen molar-refractivity contribution in [1.29, 1.82) is 0 Å². The predicted octanol–water partition coefficient (Wildman–Crippen LogP) is 3.83. The molecule has 4 nitrogen and oxygen atoms in total. The fourth-order valence-electron chi connectivity index (χ4n) is 2.48. The van der Waals surface area contributed by atoms with Crippen molar-refractivity contribution in [3.63, 3.8) is 0 Å². The van der Waals surface area contributed by atoms with Crippen molar-refractivity contribution >= 4 is 5.78 Å². The number of benzene rings is 1. The number of rotatable bonds is 3. The molecule has 21 heavy (non-hydrogen) atoms. The molecule has 1 aliphatic rings. The van der Waals surface area contributed by atoms with Crippen LogP contribution in [0.5, 0.6) is 5.75 Å². The Morgan fingerprint density at radius 1 is 1.24 bits per heavy atom. The van der Waals surface area contributed by atoms with Gasteiger partial charge in [0, 0.05) is 12.0 Å². The third-order valence-corrected chi connectivity index (χ3v) is 3.44. The molecule has 0 aliphatic heterocycles. The SMILES string of the molecule is O=NC1(c2cccc(OC(F)(F)F)c2F)CCCCC1=O. The van der Waals surface area contributed by atoms with Crippen molar-refractivity contribution < 1.29 is 27.1 Å². The number of Topliss-reactive ketones (excluding diaryl/α,β-unsaturated/α-hetero) is 1. The highest BCUT2D eigenvalue weighted by atomic mass is 19.4. The van der Waals surface area contributed by atoms with Crippen LogP contribution in [-0.2, 0) is 10.3 Å². The molecule has 114 valence electrons. The first-order valence-corrected chi connectivity index (χ1v) is 6.23. The van der Waals surface area contributed by atoms with Gasteiger partial charge in [-0.15, -0.1) is 18.1 Å². The van der Waals surface area contributed by atoms with E-state index in [1.54, 1.807) is 0 Å². The van der Waals surface area contributed by atoms with E-state index in [0.717, 1.165) is 18.2 Å². The summed E-state index contributed by atoms with van der Waals surface area (Å²) in [6.45, 7) is 0. The monoisotopic (exact) mass is 305 g/mol. The summed E-state index contributed by atoms with van der Waals surface area (Å²) in [6, 6.07) is 2.95. The van der Waals surface area contributed by atoms with E-state index in [1.807, 2.05) is 0 Å². The van der Waals surface area contributed by atoms with Crippen molar-refractivity contribution in [1.82, 2.24) is 0 Å². The van der Waals surface area contributed by atoms with Crippen LogP contribution in [0.25, 0.3) is 0 Å². The number of carbonyl (C=O) groups is 1. The Kier molecular flexibility index (Phi) is 3.97. The van der Waals surface area contributed by atoms with E-state index in [4.69, 9.17) is 0 Å². The maximum atomic E-state index is 14.2. The van der Waals surface area contributed by atoms with E-state index < -0.39 is 34.8 Å². The largest absolute Gasteiger partial charge is 0.573 e.